The Labute approximate surface area is 148 Å². The lowest BCUT2D eigenvalue weighted by atomic mass is 10.2. The molecule has 2 heterocycles. The summed E-state index contributed by atoms with van der Waals surface area (Å²) in [6.07, 6.45) is 2.64. The minimum Gasteiger partial charge on any atom is -0.339 e. The first-order valence-electron chi connectivity index (χ1n) is 7.79. The first-order valence-corrected chi connectivity index (χ1v) is 8.58. The van der Waals surface area contributed by atoms with E-state index in [1.54, 1.807) is 6.20 Å². The second-order valence-corrected chi connectivity index (χ2v) is 6.62. The highest BCUT2D eigenvalue weighted by molar-refractivity contribution is 9.10. The maximum atomic E-state index is 4.63. The molecule has 4 rings (SSSR count). The molecule has 0 radical (unpaired) electrons. The Hall–Kier alpha value is -2.47. The molecule has 5 nitrogen and oxygen atoms in total. The summed E-state index contributed by atoms with van der Waals surface area (Å²) in [7, 11) is 0. The van der Waals surface area contributed by atoms with Gasteiger partial charge in [-0.1, -0.05) is 40.2 Å². The standard InChI is InChI=1S/C18H16BrN5/c1-12-6-7-14(10-15(12)19)21-17-11-20-23-18(22-17)24-9-8-13-4-2-3-5-16(13)24/h2-7,10-11H,8-9H2,1H3,(H,21,22,23). The average molecular weight is 382 g/mol. The van der Waals surface area contributed by atoms with Crippen LogP contribution in [-0.2, 0) is 6.42 Å². The highest BCUT2D eigenvalue weighted by Crippen LogP contribution is 2.32. The van der Waals surface area contributed by atoms with E-state index in [0.29, 0.717) is 11.8 Å². The minimum atomic E-state index is 0.621. The van der Waals surface area contributed by atoms with Crippen molar-refractivity contribution in [3.8, 4) is 0 Å². The van der Waals surface area contributed by atoms with E-state index in [1.807, 2.05) is 18.2 Å². The molecule has 0 amide bonds. The predicted octanol–water partition coefficient (Wildman–Crippen LogP) is 4.38. The van der Waals surface area contributed by atoms with Crippen LogP contribution in [0.4, 0.5) is 23.1 Å². The fraction of sp³-hybridized carbons (Fsp3) is 0.167. The number of rotatable bonds is 3. The van der Waals surface area contributed by atoms with Gasteiger partial charge >= 0.3 is 0 Å². The topological polar surface area (TPSA) is 53.9 Å². The summed E-state index contributed by atoms with van der Waals surface area (Å²) in [5.41, 5.74) is 4.63. The van der Waals surface area contributed by atoms with Gasteiger partial charge in [0.25, 0.3) is 5.95 Å². The van der Waals surface area contributed by atoms with Crippen LogP contribution in [0.2, 0.25) is 0 Å². The van der Waals surface area contributed by atoms with Crippen molar-refractivity contribution in [2.45, 2.75) is 13.3 Å². The summed E-state index contributed by atoms with van der Waals surface area (Å²) in [6.45, 7) is 2.93. The summed E-state index contributed by atoms with van der Waals surface area (Å²) >= 11 is 3.55. The second kappa shape index (κ2) is 6.20. The Morgan fingerprint density at radius 3 is 2.92 bits per heavy atom. The molecule has 1 N–H and O–H groups in total. The first kappa shape index (κ1) is 15.1. The Kier molecular flexibility index (Phi) is 3.90. The molecule has 6 heteroatoms. The van der Waals surface area contributed by atoms with Crippen LogP contribution in [-0.4, -0.2) is 21.7 Å². The van der Waals surface area contributed by atoms with E-state index >= 15 is 0 Å². The quantitative estimate of drug-likeness (QED) is 0.729. The third kappa shape index (κ3) is 2.85. The molecule has 0 fully saturated rings. The highest BCUT2D eigenvalue weighted by atomic mass is 79.9. The van der Waals surface area contributed by atoms with Crippen LogP contribution in [0.3, 0.4) is 0 Å². The van der Waals surface area contributed by atoms with Gasteiger partial charge in [-0.2, -0.15) is 10.1 Å². The number of para-hydroxylation sites is 1. The summed E-state index contributed by atoms with van der Waals surface area (Å²) in [4.78, 5) is 6.74. The highest BCUT2D eigenvalue weighted by Gasteiger charge is 2.22. The van der Waals surface area contributed by atoms with Gasteiger partial charge in [-0.15, -0.1) is 5.10 Å². The smallest absolute Gasteiger partial charge is 0.251 e. The molecule has 0 saturated carbocycles. The van der Waals surface area contributed by atoms with E-state index in [4.69, 9.17) is 0 Å². The number of nitrogens with one attached hydrogen (secondary N) is 1. The molecule has 2 aromatic carbocycles. The van der Waals surface area contributed by atoms with Crippen LogP contribution in [0.5, 0.6) is 0 Å². The third-order valence-corrected chi connectivity index (χ3v) is 4.97. The van der Waals surface area contributed by atoms with Gasteiger partial charge in [0, 0.05) is 22.4 Å². The van der Waals surface area contributed by atoms with Crippen LogP contribution in [0.25, 0.3) is 0 Å². The molecule has 3 aromatic rings. The van der Waals surface area contributed by atoms with Crippen LogP contribution in [0.15, 0.2) is 53.1 Å². The third-order valence-electron chi connectivity index (χ3n) is 4.12. The van der Waals surface area contributed by atoms with Crippen molar-refractivity contribution in [2.75, 3.05) is 16.8 Å². The number of nitrogens with zero attached hydrogens (tertiary/aromatic N) is 4. The zero-order chi connectivity index (χ0) is 16.5. The maximum absolute atomic E-state index is 4.63. The van der Waals surface area contributed by atoms with Gasteiger partial charge in [0.05, 0.1) is 6.20 Å². The van der Waals surface area contributed by atoms with Crippen LogP contribution >= 0.6 is 15.9 Å². The first-order chi connectivity index (χ1) is 11.7. The fourth-order valence-corrected chi connectivity index (χ4v) is 3.21. The Morgan fingerprint density at radius 1 is 1.17 bits per heavy atom. The molecule has 0 unspecified atom stereocenters. The average Bonchev–Trinajstić information content (AvgIpc) is 3.03. The second-order valence-electron chi connectivity index (χ2n) is 5.76. The van der Waals surface area contributed by atoms with Gasteiger partial charge in [0.15, 0.2) is 5.82 Å². The van der Waals surface area contributed by atoms with Gasteiger partial charge in [-0.3, -0.25) is 0 Å². The number of hydrogen-bond acceptors (Lipinski definition) is 5. The Balaban J connectivity index is 1.61. The van der Waals surface area contributed by atoms with Crippen molar-refractivity contribution < 1.29 is 0 Å². The van der Waals surface area contributed by atoms with Crippen molar-refractivity contribution in [3.63, 3.8) is 0 Å². The van der Waals surface area contributed by atoms with E-state index in [9.17, 15) is 0 Å². The van der Waals surface area contributed by atoms with E-state index in [1.165, 1.54) is 11.1 Å². The molecule has 120 valence electrons. The summed E-state index contributed by atoms with van der Waals surface area (Å²) in [5, 5.41) is 11.6. The minimum absolute atomic E-state index is 0.621. The normalized spacial score (nSPS) is 13.0. The summed E-state index contributed by atoms with van der Waals surface area (Å²) < 4.78 is 1.06. The van der Waals surface area contributed by atoms with Crippen molar-refractivity contribution in [2.24, 2.45) is 0 Å². The number of hydrogen-bond donors (Lipinski definition) is 1. The number of anilines is 4. The monoisotopic (exact) mass is 381 g/mol. The Bertz CT molecular complexity index is 896. The fourth-order valence-electron chi connectivity index (χ4n) is 2.83. The van der Waals surface area contributed by atoms with E-state index in [-0.39, 0.29) is 0 Å². The summed E-state index contributed by atoms with van der Waals surface area (Å²) in [6, 6.07) is 14.5. The maximum Gasteiger partial charge on any atom is 0.251 e. The van der Waals surface area contributed by atoms with Gasteiger partial charge in [0.1, 0.15) is 0 Å². The molecule has 1 aliphatic rings. The zero-order valence-corrected chi connectivity index (χ0v) is 14.8. The number of halogens is 1. The number of aryl methyl sites for hydroxylation is 1. The van der Waals surface area contributed by atoms with E-state index < -0.39 is 0 Å². The van der Waals surface area contributed by atoms with Gasteiger partial charge in [0.2, 0.25) is 0 Å². The largest absolute Gasteiger partial charge is 0.339 e. The van der Waals surface area contributed by atoms with Gasteiger partial charge < -0.3 is 10.2 Å². The molecular formula is C18H16BrN5. The molecule has 1 aliphatic heterocycles. The van der Waals surface area contributed by atoms with Crippen LogP contribution in [0.1, 0.15) is 11.1 Å². The lowest BCUT2D eigenvalue weighted by Crippen LogP contribution is -2.17. The molecule has 1 aromatic heterocycles. The lowest BCUT2D eigenvalue weighted by Gasteiger charge is -2.17. The lowest BCUT2D eigenvalue weighted by molar-refractivity contribution is 0.887. The molecular weight excluding hydrogens is 366 g/mol. The number of fused-ring (bicyclic) bond motifs is 1. The van der Waals surface area contributed by atoms with Crippen molar-refractivity contribution in [3.05, 3.63) is 64.3 Å². The number of benzene rings is 2. The summed E-state index contributed by atoms with van der Waals surface area (Å²) in [5.74, 6) is 1.30. The van der Waals surface area contributed by atoms with Crippen LogP contribution in [0, 0.1) is 6.92 Å². The zero-order valence-electron chi connectivity index (χ0n) is 13.2. The molecule has 0 saturated heterocycles. The molecule has 0 bridgehead atoms. The number of aromatic nitrogens is 3. The predicted molar refractivity (Wildman–Crippen MR) is 99.1 cm³/mol. The van der Waals surface area contributed by atoms with E-state index in [0.717, 1.165) is 28.8 Å². The van der Waals surface area contributed by atoms with Crippen molar-refractivity contribution >= 4 is 39.1 Å². The van der Waals surface area contributed by atoms with E-state index in [2.05, 4.69) is 72.5 Å². The van der Waals surface area contributed by atoms with Gasteiger partial charge in [-0.05, 0) is 42.7 Å². The van der Waals surface area contributed by atoms with Crippen molar-refractivity contribution in [1.82, 2.24) is 15.2 Å². The van der Waals surface area contributed by atoms with Crippen molar-refractivity contribution in [1.29, 1.82) is 0 Å². The molecule has 0 atom stereocenters. The van der Waals surface area contributed by atoms with Gasteiger partial charge in [-0.25, -0.2) is 0 Å². The Morgan fingerprint density at radius 2 is 2.04 bits per heavy atom. The molecule has 0 spiro atoms. The molecule has 24 heavy (non-hydrogen) atoms. The SMILES string of the molecule is Cc1ccc(Nc2cnnc(N3CCc4ccccc43)n2)cc1Br. The van der Waals surface area contributed by atoms with Crippen LogP contribution < -0.4 is 10.2 Å². The molecule has 0 aliphatic carbocycles.